The van der Waals surface area contributed by atoms with Crippen molar-refractivity contribution in [2.24, 2.45) is 5.14 Å². The number of ether oxygens (including phenoxy) is 1. The van der Waals surface area contributed by atoms with Gasteiger partial charge in [0.1, 0.15) is 12.1 Å². The number of pyridine rings is 1. The minimum absolute atomic E-state index is 0.0761. The molecule has 0 atom stereocenters. The lowest BCUT2D eigenvalue weighted by molar-refractivity contribution is 0.409. The van der Waals surface area contributed by atoms with E-state index in [1.165, 1.54) is 12.1 Å². The van der Waals surface area contributed by atoms with Crippen molar-refractivity contribution in [3.8, 4) is 16.9 Å². The Labute approximate surface area is 168 Å². The molecule has 8 heteroatoms. The van der Waals surface area contributed by atoms with Gasteiger partial charge in [-0.25, -0.2) is 13.6 Å². The van der Waals surface area contributed by atoms with Crippen LogP contribution in [0.5, 0.6) is 5.75 Å². The van der Waals surface area contributed by atoms with Crippen LogP contribution in [0, 0.1) is 0 Å². The predicted molar refractivity (Wildman–Crippen MR) is 110 cm³/mol. The van der Waals surface area contributed by atoms with Gasteiger partial charge in [-0.05, 0) is 54.3 Å². The third-order valence-corrected chi connectivity index (χ3v) is 5.81. The molecule has 0 fully saturated rings. The number of sulfonamides is 1. The molecule has 0 unspecified atom stereocenters. The van der Waals surface area contributed by atoms with Crippen molar-refractivity contribution in [1.29, 1.82) is 0 Å². The van der Waals surface area contributed by atoms with E-state index in [4.69, 9.17) is 9.88 Å². The number of methoxy groups -OCH3 is 1. The highest BCUT2D eigenvalue weighted by Gasteiger charge is 2.13. The number of primary sulfonamides is 1. The van der Waals surface area contributed by atoms with E-state index >= 15 is 0 Å². The van der Waals surface area contributed by atoms with Crippen LogP contribution in [-0.2, 0) is 22.9 Å². The molecule has 0 radical (unpaired) electrons. The molecule has 0 bridgehead atoms. The molecule has 4 aromatic rings. The molecule has 2 heterocycles. The van der Waals surface area contributed by atoms with Gasteiger partial charge in [0.2, 0.25) is 10.0 Å². The Morgan fingerprint density at radius 2 is 1.76 bits per heavy atom. The molecule has 2 N–H and O–H groups in total. The Morgan fingerprint density at radius 1 is 1.00 bits per heavy atom. The van der Waals surface area contributed by atoms with Gasteiger partial charge in [0, 0.05) is 11.3 Å². The van der Waals surface area contributed by atoms with Crippen molar-refractivity contribution in [3.05, 3.63) is 78.2 Å². The first-order valence-corrected chi connectivity index (χ1v) is 10.6. The SMILES string of the molecule is COc1ccccc1CCc1ccc(-c2ccc(S(N)(=O)=O)cc2)c2nncn12. The number of benzene rings is 2. The van der Waals surface area contributed by atoms with Crippen molar-refractivity contribution in [2.45, 2.75) is 17.7 Å². The van der Waals surface area contributed by atoms with Gasteiger partial charge in [-0.1, -0.05) is 30.3 Å². The fourth-order valence-corrected chi connectivity index (χ4v) is 3.90. The van der Waals surface area contributed by atoms with E-state index in [9.17, 15) is 8.42 Å². The number of nitrogens with zero attached hydrogens (tertiary/aromatic N) is 3. The maximum absolute atomic E-state index is 11.5. The lowest BCUT2D eigenvalue weighted by Crippen LogP contribution is -2.11. The van der Waals surface area contributed by atoms with Gasteiger partial charge in [0.15, 0.2) is 5.65 Å². The molecule has 148 valence electrons. The topological polar surface area (TPSA) is 99.6 Å². The molecule has 2 aromatic carbocycles. The second-order valence-corrected chi connectivity index (χ2v) is 8.21. The van der Waals surface area contributed by atoms with Crippen LogP contribution in [0.25, 0.3) is 16.8 Å². The zero-order valence-corrected chi connectivity index (χ0v) is 16.6. The average molecular weight is 408 g/mol. The van der Waals surface area contributed by atoms with Gasteiger partial charge in [0.05, 0.1) is 12.0 Å². The minimum Gasteiger partial charge on any atom is -0.496 e. The molecular weight excluding hydrogens is 388 g/mol. The summed E-state index contributed by atoms with van der Waals surface area (Å²) in [5.74, 6) is 0.874. The highest BCUT2D eigenvalue weighted by molar-refractivity contribution is 7.89. The van der Waals surface area contributed by atoms with Crippen LogP contribution >= 0.6 is 0 Å². The molecule has 7 nitrogen and oxygen atoms in total. The molecule has 29 heavy (non-hydrogen) atoms. The lowest BCUT2D eigenvalue weighted by atomic mass is 10.0. The summed E-state index contributed by atoms with van der Waals surface area (Å²) >= 11 is 0. The second kappa shape index (κ2) is 7.65. The van der Waals surface area contributed by atoms with E-state index in [0.717, 1.165) is 41.0 Å². The summed E-state index contributed by atoms with van der Waals surface area (Å²) < 4.78 is 30.3. The zero-order valence-electron chi connectivity index (χ0n) is 15.8. The highest BCUT2D eigenvalue weighted by atomic mass is 32.2. The Balaban J connectivity index is 1.65. The van der Waals surface area contributed by atoms with Gasteiger partial charge in [-0.3, -0.25) is 4.40 Å². The molecule has 0 aliphatic heterocycles. The predicted octanol–water partition coefficient (Wildman–Crippen LogP) is 2.84. The number of para-hydroxylation sites is 1. The molecule has 0 aliphatic carbocycles. The Hall–Kier alpha value is -3.23. The van der Waals surface area contributed by atoms with E-state index in [1.807, 2.05) is 34.7 Å². The third kappa shape index (κ3) is 3.85. The molecule has 0 amide bonds. The first-order chi connectivity index (χ1) is 14.0. The van der Waals surface area contributed by atoms with Crippen molar-refractivity contribution in [3.63, 3.8) is 0 Å². The fourth-order valence-electron chi connectivity index (χ4n) is 3.39. The third-order valence-electron chi connectivity index (χ3n) is 4.88. The zero-order chi connectivity index (χ0) is 20.4. The maximum Gasteiger partial charge on any atom is 0.238 e. The molecule has 2 aromatic heterocycles. The number of nitrogens with two attached hydrogens (primary N) is 1. The van der Waals surface area contributed by atoms with Crippen LogP contribution < -0.4 is 9.88 Å². The van der Waals surface area contributed by atoms with E-state index in [-0.39, 0.29) is 4.90 Å². The van der Waals surface area contributed by atoms with Crippen LogP contribution in [0.1, 0.15) is 11.3 Å². The van der Waals surface area contributed by atoms with Gasteiger partial charge < -0.3 is 4.74 Å². The number of aromatic nitrogens is 3. The number of hydrogen-bond acceptors (Lipinski definition) is 5. The first-order valence-electron chi connectivity index (χ1n) is 9.04. The summed E-state index contributed by atoms with van der Waals surface area (Å²) in [5, 5.41) is 13.5. The van der Waals surface area contributed by atoms with Crippen molar-refractivity contribution >= 4 is 15.7 Å². The number of aryl methyl sites for hydroxylation is 2. The summed E-state index contributed by atoms with van der Waals surface area (Å²) in [7, 11) is -2.05. The van der Waals surface area contributed by atoms with Gasteiger partial charge in [-0.2, -0.15) is 0 Å². The second-order valence-electron chi connectivity index (χ2n) is 6.64. The molecule has 4 rings (SSSR count). The summed E-state index contributed by atoms with van der Waals surface area (Å²) in [4.78, 5) is 0.0761. The Bertz CT molecular complexity index is 1260. The molecule has 0 aliphatic rings. The maximum atomic E-state index is 11.5. The van der Waals surface area contributed by atoms with Crippen molar-refractivity contribution in [2.75, 3.05) is 7.11 Å². The average Bonchev–Trinajstić information content (AvgIpc) is 3.22. The van der Waals surface area contributed by atoms with E-state index in [2.05, 4.69) is 16.3 Å². The Kier molecular flexibility index (Phi) is 5.04. The fraction of sp³-hybridized carbons (Fsp3) is 0.143. The normalized spacial score (nSPS) is 11.7. The van der Waals surface area contributed by atoms with Crippen LogP contribution in [0.2, 0.25) is 0 Å². The molecular formula is C21H20N4O3S. The van der Waals surface area contributed by atoms with E-state index in [1.54, 1.807) is 25.6 Å². The number of hydrogen-bond donors (Lipinski definition) is 1. The number of fused-ring (bicyclic) bond motifs is 1. The van der Waals surface area contributed by atoms with Crippen molar-refractivity contribution < 1.29 is 13.2 Å². The van der Waals surface area contributed by atoms with Crippen LogP contribution in [0.3, 0.4) is 0 Å². The Morgan fingerprint density at radius 3 is 2.48 bits per heavy atom. The highest BCUT2D eigenvalue weighted by Crippen LogP contribution is 2.26. The van der Waals surface area contributed by atoms with Crippen LogP contribution in [-0.4, -0.2) is 30.1 Å². The minimum atomic E-state index is -3.72. The largest absolute Gasteiger partial charge is 0.496 e. The van der Waals surface area contributed by atoms with E-state index < -0.39 is 10.0 Å². The van der Waals surface area contributed by atoms with Crippen molar-refractivity contribution in [1.82, 2.24) is 14.6 Å². The summed E-state index contributed by atoms with van der Waals surface area (Å²) in [5.41, 5.74) is 4.63. The lowest BCUT2D eigenvalue weighted by Gasteiger charge is -2.11. The van der Waals surface area contributed by atoms with E-state index in [0.29, 0.717) is 5.65 Å². The molecule has 0 saturated carbocycles. The van der Waals surface area contributed by atoms with Gasteiger partial charge in [-0.15, -0.1) is 10.2 Å². The quantitative estimate of drug-likeness (QED) is 0.529. The summed E-state index contributed by atoms with van der Waals surface area (Å²) in [6.45, 7) is 0. The monoisotopic (exact) mass is 408 g/mol. The summed E-state index contributed by atoms with van der Waals surface area (Å²) in [6.07, 6.45) is 3.30. The molecule has 0 spiro atoms. The number of rotatable bonds is 6. The van der Waals surface area contributed by atoms with Crippen LogP contribution in [0.15, 0.2) is 71.9 Å². The first kappa shape index (κ1) is 19.1. The van der Waals surface area contributed by atoms with Gasteiger partial charge >= 0.3 is 0 Å². The van der Waals surface area contributed by atoms with Gasteiger partial charge in [0.25, 0.3) is 0 Å². The molecule has 0 saturated heterocycles. The summed E-state index contributed by atoms with van der Waals surface area (Å²) in [6, 6.07) is 18.4. The van der Waals surface area contributed by atoms with Crippen LogP contribution in [0.4, 0.5) is 0 Å². The standard InChI is InChI=1S/C21H20N4O3S/c1-28-20-5-3-2-4-16(20)6-9-17-10-13-19(21-24-23-14-25(17)21)15-7-11-18(12-8-15)29(22,26)27/h2-5,7-8,10-14H,6,9H2,1H3,(H2,22,26,27). The smallest absolute Gasteiger partial charge is 0.238 e.